The monoisotopic (exact) mass is 324 g/mol. The van der Waals surface area contributed by atoms with Crippen LogP contribution in [-0.2, 0) is 24.5 Å². The van der Waals surface area contributed by atoms with E-state index >= 15 is 0 Å². The lowest BCUT2D eigenvalue weighted by Gasteiger charge is -2.24. The van der Waals surface area contributed by atoms with Crippen molar-refractivity contribution >= 4 is 26.1 Å². The molecular formula is C11H20N2O5S2. The Morgan fingerprint density at radius 2 is 1.70 bits per heavy atom. The molecule has 0 radical (unpaired) electrons. The Balaban J connectivity index is 1.76. The molecule has 1 N–H and O–H groups in total. The van der Waals surface area contributed by atoms with Gasteiger partial charge in [-0.2, -0.15) is 0 Å². The number of nitrogens with zero attached hydrogens (tertiary/aromatic N) is 1. The molecule has 0 aromatic heterocycles. The molecule has 2 aliphatic heterocycles. The molecule has 2 heterocycles. The number of sulfone groups is 2. The van der Waals surface area contributed by atoms with Gasteiger partial charge in [0, 0.05) is 25.2 Å². The zero-order chi connectivity index (χ0) is 14.8. The Morgan fingerprint density at radius 3 is 2.20 bits per heavy atom. The predicted octanol–water partition coefficient (Wildman–Crippen LogP) is -1.59. The van der Waals surface area contributed by atoms with E-state index in [4.69, 9.17) is 0 Å². The second-order valence-corrected chi connectivity index (χ2v) is 9.91. The van der Waals surface area contributed by atoms with Gasteiger partial charge >= 0.3 is 0 Å². The topological polar surface area (TPSA) is 101 Å². The minimum atomic E-state index is -3.01. The maximum absolute atomic E-state index is 11.4. The molecule has 0 aromatic carbocycles. The Bertz CT molecular complexity index is 557. The van der Waals surface area contributed by atoms with Crippen LogP contribution in [0.5, 0.6) is 0 Å². The van der Waals surface area contributed by atoms with E-state index in [-0.39, 0.29) is 35.1 Å². The van der Waals surface area contributed by atoms with Gasteiger partial charge in [0.05, 0.1) is 23.0 Å². The van der Waals surface area contributed by atoms with Gasteiger partial charge in [-0.15, -0.1) is 0 Å². The van der Waals surface area contributed by atoms with Crippen molar-refractivity contribution < 1.29 is 21.6 Å². The first-order valence-electron chi connectivity index (χ1n) is 6.66. The lowest BCUT2D eigenvalue weighted by molar-refractivity contribution is -0.119. The molecule has 0 bridgehead atoms. The molecule has 0 saturated carbocycles. The molecule has 1 amide bonds. The standard InChI is InChI=1S/C11H20N2O5S2/c14-9-13(11-2-6-20(17,18)8-11)4-3-12-10-1-5-19(15,16)7-10/h9-12H,1-8H2/t10-,11-/m1/s1. The van der Waals surface area contributed by atoms with Gasteiger partial charge in [-0.25, -0.2) is 16.8 Å². The summed E-state index contributed by atoms with van der Waals surface area (Å²) in [5, 5.41) is 3.12. The summed E-state index contributed by atoms with van der Waals surface area (Å²) in [6.07, 6.45) is 1.76. The average Bonchev–Trinajstić information content (AvgIpc) is 2.87. The normalized spacial score (nSPS) is 31.2. The van der Waals surface area contributed by atoms with E-state index in [0.29, 0.717) is 32.3 Å². The average molecular weight is 324 g/mol. The summed E-state index contributed by atoms with van der Waals surface area (Å²) >= 11 is 0. The van der Waals surface area contributed by atoms with Gasteiger partial charge in [0.15, 0.2) is 19.7 Å². The van der Waals surface area contributed by atoms with Gasteiger partial charge < -0.3 is 10.2 Å². The summed E-state index contributed by atoms with van der Waals surface area (Å²) in [5.41, 5.74) is 0. The van der Waals surface area contributed by atoms with E-state index in [1.165, 1.54) is 4.90 Å². The molecule has 2 aliphatic rings. The van der Waals surface area contributed by atoms with Crippen LogP contribution in [-0.4, -0.2) is 76.3 Å². The van der Waals surface area contributed by atoms with Crippen molar-refractivity contribution in [3.05, 3.63) is 0 Å². The number of carbonyl (C=O) groups is 1. The first kappa shape index (κ1) is 15.7. The summed E-state index contributed by atoms with van der Waals surface area (Å²) in [6.45, 7) is 0.885. The first-order valence-corrected chi connectivity index (χ1v) is 10.3. The first-order chi connectivity index (χ1) is 9.31. The molecule has 0 spiro atoms. The zero-order valence-electron chi connectivity index (χ0n) is 11.2. The van der Waals surface area contributed by atoms with Gasteiger partial charge in [-0.3, -0.25) is 4.79 Å². The van der Waals surface area contributed by atoms with Crippen LogP contribution in [0.15, 0.2) is 0 Å². The van der Waals surface area contributed by atoms with Crippen molar-refractivity contribution in [1.82, 2.24) is 10.2 Å². The van der Waals surface area contributed by atoms with Gasteiger partial charge in [0.2, 0.25) is 6.41 Å². The van der Waals surface area contributed by atoms with E-state index in [1.54, 1.807) is 0 Å². The van der Waals surface area contributed by atoms with Crippen LogP contribution in [0, 0.1) is 0 Å². The highest BCUT2D eigenvalue weighted by Gasteiger charge is 2.32. The summed E-state index contributed by atoms with van der Waals surface area (Å²) < 4.78 is 45.4. The SMILES string of the molecule is O=CN(CCN[C@@H]1CCS(=O)(=O)C1)[C@@H]1CCS(=O)(=O)C1. The number of hydrogen-bond donors (Lipinski definition) is 1. The zero-order valence-corrected chi connectivity index (χ0v) is 12.8. The molecule has 2 fully saturated rings. The van der Waals surface area contributed by atoms with Crippen LogP contribution >= 0.6 is 0 Å². The van der Waals surface area contributed by atoms with Crippen LogP contribution in [0.4, 0.5) is 0 Å². The maximum Gasteiger partial charge on any atom is 0.210 e. The van der Waals surface area contributed by atoms with Crippen molar-refractivity contribution in [2.45, 2.75) is 24.9 Å². The van der Waals surface area contributed by atoms with Crippen LogP contribution < -0.4 is 5.32 Å². The molecule has 116 valence electrons. The summed E-state index contributed by atoms with van der Waals surface area (Å²) in [4.78, 5) is 12.5. The molecule has 20 heavy (non-hydrogen) atoms. The third-order valence-electron chi connectivity index (χ3n) is 3.85. The number of rotatable bonds is 6. The lowest BCUT2D eigenvalue weighted by Crippen LogP contribution is -2.42. The number of amides is 1. The second-order valence-electron chi connectivity index (χ2n) is 5.45. The summed E-state index contributed by atoms with van der Waals surface area (Å²) in [5.74, 6) is 0.522. The third kappa shape index (κ3) is 4.16. The Labute approximate surface area is 119 Å². The van der Waals surface area contributed by atoms with E-state index < -0.39 is 19.7 Å². The maximum atomic E-state index is 11.4. The molecule has 2 rings (SSSR count). The quantitative estimate of drug-likeness (QED) is 0.591. The minimum absolute atomic E-state index is 0.0313. The molecule has 2 saturated heterocycles. The van der Waals surface area contributed by atoms with E-state index in [2.05, 4.69) is 5.32 Å². The second kappa shape index (κ2) is 5.98. The van der Waals surface area contributed by atoms with Crippen molar-refractivity contribution in [2.24, 2.45) is 0 Å². The predicted molar refractivity (Wildman–Crippen MR) is 74.9 cm³/mol. The molecular weight excluding hydrogens is 304 g/mol. The van der Waals surface area contributed by atoms with Gasteiger partial charge in [-0.1, -0.05) is 0 Å². The van der Waals surface area contributed by atoms with Gasteiger partial charge in [0.1, 0.15) is 0 Å². The number of hydrogen-bond acceptors (Lipinski definition) is 6. The lowest BCUT2D eigenvalue weighted by atomic mass is 10.2. The van der Waals surface area contributed by atoms with E-state index in [9.17, 15) is 21.6 Å². The molecule has 0 unspecified atom stereocenters. The van der Waals surface area contributed by atoms with E-state index in [1.807, 2.05) is 0 Å². The smallest absolute Gasteiger partial charge is 0.210 e. The highest BCUT2D eigenvalue weighted by Crippen LogP contribution is 2.16. The van der Waals surface area contributed by atoms with Crippen molar-refractivity contribution in [2.75, 3.05) is 36.1 Å². The van der Waals surface area contributed by atoms with Crippen molar-refractivity contribution in [3.8, 4) is 0 Å². The fourth-order valence-electron chi connectivity index (χ4n) is 2.71. The highest BCUT2D eigenvalue weighted by atomic mass is 32.2. The van der Waals surface area contributed by atoms with Crippen molar-refractivity contribution in [3.63, 3.8) is 0 Å². The van der Waals surface area contributed by atoms with Gasteiger partial charge in [-0.05, 0) is 12.8 Å². The largest absolute Gasteiger partial charge is 0.340 e. The van der Waals surface area contributed by atoms with Crippen molar-refractivity contribution in [1.29, 1.82) is 0 Å². The summed E-state index contributed by atoms with van der Waals surface area (Å²) in [7, 11) is -5.91. The highest BCUT2D eigenvalue weighted by molar-refractivity contribution is 7.91. The van der Waals surface area contributed by atoms with Crippen LogP contribution in [0.25, 0.3) is 0 Å². The van der Waals surface area contributed by atoms with Crippen LogP contribution in [0.1, 0.15) is 12.8 Å². The molecule has 2 atom stereocenters. The third-order valence-corrected chi connectivity index (χ3v) is 7.37. The molecule has 7 nitrogen and oxygen atoms in total. The summed E-state index contributed by atoms with van der Waals surface area (Å²) in [6, 6.07) is -0.299. The number of nitrogens with one attached hydrogen (secondary N) is 1. The molecule has 9 heteroatoms. The molecule has 0 aromatic rings. The molecule has 0 aliphatic carbocycles. The fourth-order valence-corrected chi connectivity index (χ4v) is 6.16. The number of carbonyl (C=O) groups excluding carboxylic acids is 1. The van der Waals surface area contributed by atoms with Crippen LogP contribution in [0.2, 0.25) is 0 Å². The van der Waals surface area contributed by atoms with Gasteiger partial charge in [0.25, 0.3) is 0 Å². The van der Waals surface area contributed by atoms with Crippen LogP contribution in [0.3, 0.4) is 0 Å². The Hall–Kier alpha value is -0.670. The Morgan fingerprint density at radius 1 is 1.05 bits per heavy atom. The minimum Gasteiger partial charge on any atom is -0.340 e. The van der Waals surface area contributed by atoms with E-state index in [0.717, 1.165) is 0 Å². The fraction of sp³-hybridized carbons (Fsp3) is 0.909. The Kier molecular flexibility index (Phi) is 4.70.